The van der Waals surface area contributed by atoms with Crippen molar-refractivity contribution in [2.45, 2.75) is 37.7 Å². The van der Waals surface area contributed by atoms with Gasteiger partial charge >= 0.3 is 6.18 Å². The predicted molar refractivity (Wildman–Crippen MR) is 130 cm³/mol. The van der Waals surface area contributed by atoms with Crippen molar-refractivity contribution >= 4 is 17.3 Å². The molecule has 0 aliphatic carbocycles. The first-order chi connectivity index (χ1) is 17.4. The maximum Gasteiger partial charge on any atom is 0.422 e. The molecule has 0 radical (unpaired) electrons. The molecule has 2 aliphatic heterocycles. The quantitative estimate of drug-likeness (QED) is 0.528. The van der Waals surface area contributed by atoms with Crippen molar-refractivity contribution < 1.29 is 23.0 Å². The molecule has 2 atom stereocenters. The minimum atomic E-state index is -4.43. The number of rotatable bonds is 6. The van der Waals surface area contributed by atoms with E-state index in [1.165, 1.54) is 23.5 Å². The van der Waals surface area contributed by atoms with E-state index in [9.17, 15) is 18.3 Å². The number of aliphatic hydroxyl groups excluding tert-OH is 1. The molecule has 2 N–H and O–H groups in total. The number of aromatic nitrogens is 2. The SMILES string of the molecule is O[C@@H]1CN(c2cc(Nc3ccccc3OCC(F)(F)F)ncn2)CC[C@H]1N1CCc2ccccc2C1. The Hall–Kier alpha value is -3.37. The second-order valence-electron chi connectivity index (χ2n) is 9.15. The average Bonchev–Trinajstić information content (AvgIpc) is 2.87. The minimum Gasteiger partial charge on any atom is -0.482 e. The van der Waals surface area contributed by atoms with Gasteiger partial charge in [0.05, 0.1) is 11.8 Å². The second kappa shape index (κ2) is 10.3. The molecule has 3 aromatic rings. The Balaban J connectivity index is 1.23. The van der Waals surface area contributed by atoms with Crippen molar-refractivity contribution in [2.75, 3.05) is 36.5 Å². The highest BCUT2D eigenvalue weighted by Crippen LogP contribution is 2.31. The summed E-state index contributed by atoms with van der Waals surface area (Å²) in [6.45, 7) is 1.55. The summed E-state index contributed by atoms with van der Waals surface area (Å²) in [5, 5.41) is 14.0. The van der Waals surface area contributed by atoms with Gasteiger partial charge < -0.3 is 20.1 Å². The van der Waals surface area contributed by atoms with Crippen LogP contribution in [0.3, 0.4) is 0 Å². The van der Waals surface area contributed by atoms with Crippen LogP contribution < -0.4 is 15.0 Å². The van der Waals surface area contributed by atoms with Crippen LogP contribution in [0.15, 0.2) is 60.9 Å². The number of nitrogens with zero attached hydrogens (tertiary/aromatic N) is 4. The number of β-amino-alcohol motifs (C(OH)–C–C–N with tert-alkyl or cyclic N) is 1. The molecule has 0 saturated carbocycles. The van der Waals surface area contributed by atoms with Gasteiger partial charge in [-0.3, -0.25) is 4.90 Å². The Morgan fingerprint density at radius 1 is 1.03 bits per heavy atom. The number of fused-ring (bicyclic) bond motifs is 1. The number of benzene rings is 2. The van der Waals surface area contributed by atoms with E-state index in [2.05, 4.69) is 44.5 Å². The van der Waals surface area contributed by atoms with E-state index in [1.807, 2.05) is 4.90 Å². The summed E-state index contributed by atoms with van der Waals surface area (Å²) in [6.07, 6.45) is -1.79. The van der Waals surface area contributed by atoms with E-state index in [4.69, 9.17) is 4.74 Å². The Labute approximate surface area is 207 Å². The number of hydrogen-bond donors (Lipinski definition) is 2. The number of ether oxygens (including phenoxy) is 1. The Morgan fingerprint density at radius 3 is 2.61 bits per heavy atom. The van der Waals surface area contributed by atoms with E-state index in [0.717, 1.165) is 32.5 Å². The first-order valence-corrected chi connectivity index (χ1v) is 12.0. The molecular weight excluding hydrogens is 471 g/mol. The Morgan fingerprint density at radius 2 is 1.81 bits per heavy atom. The lowest BCUT2D eigenvalue weighted by Crippen LogP contribution is -2.55. The zero-order chi connectivity index (χ0) is 25.1. The summed E-state index contributed by atoms with van der Waals surface area (Å²) in [5.41, 5.74) is 3.08. The zero-order valence-electron chi connectivity index (χ0n) is 19.7. The molecule has 2 aliphatic rings. The van der Waals surface area contributed by atoms with Gasteiger partial charge in [-0.05, 0) is 36.1 Å². The highest BCUT2D eigenvalue weighted by atomic mass is 19.4. The van der Waals surface area contributed by atoms with Crippen molar-refractivity contribution in [2.24, 2.45) is 0 Å². The monoisotopic (exact) mass is 499 g/mol. The summed E-state index contributed by atoms with van der Waals surface area (Å²) < 4.78 is 42.8. The third kappa shape index (κ3) is 5.71. The third-order valence-corrected chi connectivity index (χ3v) is 6.69. The first-order valence-electron chi connectivity index (χ1n) is 12.0. The fourth-order valence-corrected chi connectivity index (χ4v) is 4.94. The van der Waals surface area contributed by atoms with E-state index in [-0.39, 0.29) is 11.8 Å². The molecule has 1 saturated heterocycles. The second-order valence-corrected chi connectivity index (χ2v) is 9.15. The van der Waals surface area contributed by atoms with Crippen molar-refractivity contribution in [3.8, 4) is 5.75 Å². The highest BCUT2D eigenvalue weighted by molar-refractivity contribution is 5.65. The molecule has 7 nitrogen and oxygen atoms in total. The topological polar surface area (TPSA) is 73.8 Å². The number of halogens is 3. The largest absolute Gasteiger partial charge is 0.482 e. The van der Waals surface area contributed by atoms with Crippen LogP contribution in [0, 0.1) is 0 Å². The summed E-state index contributed by atoms with van der Waals surface area (Å²) >= 11 is 0. The number of anilines is 3. The average molecular weight is 500 g/mol. The Kier molecular flexibility index (Phi) is 6.97. The van der Waals surface area contributed by atoms with Gasteiger partial charge in [-0.15, -0.1) is 0 Å². The molecule has 10 heteroatoms. The third-order valence-electron chi connectivity index (χ3n) is 6.69. The number of para-hydroxylation sites is 2. The van der Waals surface area contributed by atoms with E-state index in [0.29, 0.717) is 23.9 Å². The van der Waals surface area contributed by atoms with Gasteiger partial charge in [0.15, 0.2) is 6.61 Å². The van der Waals surface area contributed by atoms with Crippen molar-refractivity contribution in [3.05, 3.63) is 72.1 Å². The zero-order valence-corrected chi connectivity index (χ0v) is 19.7. The molecule has 190 valence electrons. The van der Waals surface area contributed by atoms with Gasteiger partial charge in [0.1, 0.15) is 23.7 Å². The minimum absolute atomic E-state index is 0.0756. The molecule has 1 aromatic heterocycles. The molecule has 3 heterocycles. The summed E-state index contributed by atoms with van der Waals surface area (Å²) in [4.78, 5) is 13.0. The van der Waals surface area contributed by atoms with Gasteiger partial charge in [-0.2, -0.15) is 13.2 Å². The van der Waals surface area contributed by atoms with Gasteiger partial charge in [0, 0.05) is 38.3 Å². The van der Waals surface area contributed by atoms with E-state index < -0.39 is 18.9 Å². The maximum absolute atomic E-state index is 12.6. The fraction of sp³-hybridized carbons (Fsp3) is 0.385. The number of nitrogens with one attached hydrogen (secondary N) is 1. The summed E-state index contributed by atoms with van der Waals surface area (Å²) in [5.74, 6) is 1.14. The van der Waals surface area contributed by atoms with Crippen molar-refractivity contribution in [3.63, 3.8) is 0 Å². The molecule has 1 fully saturated rings. The van der Waals surface area contributed by atoms with Crippen molar-refractivity contribution in [1.82, 2.24) is 14.9 Å². The normalized spacial score (nSPS) is 20.6. The summed E-state index contributed by atoms with van der Waals surface area (Å²) in [7, 11) is 0. The van der Waals surface area contributed by atoms with Crippen LogP contribution in [-0.2, 0) is 13.0 Å². The molecule has 0 bridgehead atoms. The molecule has 0 amide bonds. The van der Waals surface area contributed by atoms with Crippen LogP contribution in [0.5, 0.6) is 5.75 Å². The molecule has 0 spiro atoms. The molecule has 5 rings (SSSR count). The smallest absolute Gasteiger partial charge is 0.422 e. The van der Waals surface area contributed by atoms with Gasteiger partial charge in [0.2, 0.25) is 0 Å². The molecule has 0 unspecified atom stereocenters. The lowest BCUT2D eigenvalue weighted by Gasteiger charge is -2.43. The first kappa shape index (κ1) is 24.3. The van der Waals surface area contributed by atoms with Crippen LogP contribution in [0.4, 0.5) is 30.5 Å². The van der Waals surface area contributed by atoms with Crippen LogP contribution in [0.25, 0.3) is 0 Å². The van der Waals surface area contributed by atoms with Crippen LogP contribution >= 0.6 is 0 Å². The van der Waals surface area contributed by atoms with E-state index in [1.54, 1.807) is 24.3 Å². The number of piperidine rings is 1. The Bertz CT molecular complexity index is 1190. The van der Waals surface area contributed by atoms with E-state index >= 15 is 0 Å². The maximum atomic E-state index is 12.6. The van der Waals surface area contributed by atoms with Gasteiger partial charge in [0.25, 0.3) is 0 Å². The molecular formula is C26H28F3N5O2. The highest BCUT2D eigenvalue weighted by Gasteiger charge is 2.34. The number of aliphatic hydroxyl groups is 1. The van der Waals surface area contributed by atoms with Crippen LogP contribution in [0.1, 0.15) is 17.5 Å². The number of alkyl halides is 3. The van der Waals surface area contributed by atoms with Crippen LogP contribution in [-0.4, -0.2) is 64.5 Å². The van der Waals surface area contributed by atoms with Crippen molar-refractivity contribution in [1.29, 1.82) is 0 Å². The van der Waals surface area contributed by atoms with Gasteiger partial charge in [-0.1, -0.05) is 36.4 Å². The predicted octanol–water partition coefficient (Wildman–Crippen LogP) is 4.16. The molecule has 2 aromatic carbocycles. The lowest BCUT2D eigenvalue weighted by atomic mass is 9.94. The van der Waals surface area contributed by atoms with Gasteiger partial charge in [-0.25, -0.2) is 9.97 Å². The summed E-state index contributed by atoms with van der Waals surface area (Å²) in [6, 6.07) is 16.7. The van der Waals surface area contributed by atoms with Crippen LogP contribution in [0.2, 0.25) is 0 Å². The molecule has 36 heavy (non-hydrogen) atoms. The lowest BCUT2D eigenvalue weighted by molar-refractivity contribution is -0.153. The number of hydrogen-bond acceptors (Lipinski definition) is 7. The standard InChI is InChI=1S/C26H28F3N5O2/c27-26(28,29)16-36-23-8-4-3-7-20(23)32-24-13-25(31-17-30-24)34-12-10-21(22(35)15-34)33-11-9-18-5-1-2-6-19(18)14-33/h1-8,13,17,21-22,35H,9-12,14-16H2,(H,30,31,32)/t21-,22-/m1/s1. The fourth-order valence-electron chi connectivity index (χ4n) is 4.94.